The van der Waals surface area contributed by atoms with Crippen molar-refractivity contribution in [3.05, 3.63) is 57.8 Å². The number of aromatic nitrogens is 1. The number of pyridine rings is 1. The molecule has 1 N–H and O–H groups in total. The molecule has 1 unspecified atom stereocenters. The standard InChI is InChI=1S/C17H21BrN2O/c1-4-19-16(15-7-5-6-12(2)20-15)11-13-10-14(18)8-9-17(13)21-3/h5-10,16,19H,4,11H2,1-3H3. The number of nitrogens with zero attached hydrogens (tertiary/aromatic N) is 1. The topological polar surface area (TPSA) is 34.1 Å². The Bertz CT molecular complexity index is 601. The molecule has 112 valence electrons. The molecular formula is C17H21BrN2O. The second-order valence-corrected chi connectivity index (χ2v) is 5.89. The first-order chi connectivity index (χ1) is 10.1. The molecule has 0 aliphatic rings. The van der Waals surface area contributed by atoms with Crippen molar-refractivity contribution in [2.45, 2.75) is 26.3 Å². The van der Waals surface area contributed by atoms with E-state index in [0.717, 1.165) is 34.6 Å². The van der Waals surface area contributed by atoms with E-state index < -0.39 is 0 Å². The molecule has 2 rings (SSSR count). The summed E-state index contributed by atoms with van der Waals surface area (Å²) >= 11 is 3.53. The maximum absolute atomic E-state index is 5.47. The van der Waals surface area contributed by atoms with E-state index in [-0.39, 0.29) is 6.04 Å². The van der Waals surface area contributed by atoms with Crippen molar-refractivity contribution in [3.63, 3.8) is 0 Å². The summed E-state index contributed by atoms with van der Waals surface area (Å²) in [5.41, 5.74) is 3.27. The molecule has 0 spiro atoms. The number of benzene rings is 1. The molecule has 0 aliphatic heterocycles. The summed E-state index contributed by atoms with van der Waals surface area (Å²) < 4.78 is 6.53. The Morgan fingerprint density at radius 1 is 1.29 bits per heavy atom. The second-order valence-electron chi connectivity index (χ2n) is 4.97. The van der Waals surface area contributed by atoms with Gasteiger partial charge in [-0.2, -0.15) is 0 Å². The Hall–Kier alpha value is -1.39. The van der Waals surface area contributed by atoms with Gasteiger partial charge in [0.05, 0.1) is 18.8 Å². The minimum Gasteiger partial charge on any atom is -0.496 e. The predicted octanol–water partition coefficient (Wildman–Crippen LogP) is 4.05. The summed E-state index contributed by atoms with van der Waals surface area (Å²) in [5, 5.41) is 3.51. The molecule has 0 amide bonds. The summed E-state index contributed by atoms with van der Waals surface area (Å²) in [6.07, 6.45) is 0.840. The number of likely N-dealkylation sites (N-methyl/N-ethyl adjacent to an activating group) is 1. The number of ether oxygens (including phenoxy) is 1. The van der Waals surface area contributed by atoms with Crippen LogP contribution in [0.5, 0.6) is 5.75 Å². The zero-order valence-corrected chi connectivity index (χ0v) is 14.3. The number of methoxy groups -OCH3 is 1. The molecule has 21 heavy (non-hydrogen) atoms. The molecule has 1 aromatic heterocycles. The smallest absolute Gasteiger partial charge is 0.122 e. The first-order valence-electron chi connectivity index (χ1n) is 7.13. The van der Waals surface area contributed by atoms with Crippen LogP contribution in [-0.2, 0) is 6.42 Å². The largest absolute Gasteiger partial charge is 0.496 e. The Balaban J connectivity index is 2.30. The van der Waals surface area contributed by atoms with Gasteiger partial charge in [0.25, 0.3) is 0 Å². The van der Waals surface area contributed by atoms with E-state index >= 15 is 0 Å². The van der Waals surface area contributed by atoms with Crippen LogP contribution in [0.15, 0.2) is 40.9 Å². The lowest BCUT2D eigenvalue weighted by molar-refractivity contribution is 0.405. The van der Waals surface area contributed by atoms with Gasteiger partial charge < -0.3 is 10.1 Å². The molecule has 1 aromatic carbocycles. The third kappa shape index (κ3) is 4.29. The Morgan fingerprint density at radius 3 is 2.76 bits per heavy atom. The monoisotopic (exact) mass is 348 g/mol. The van der Waals surface area contributed by atoms with Gasteiger partial charge >= 0.3 is 0 Å². The van der Waals surface area contributed by atoms with Gasteiger partial charge in [-0.05, 0) is 55.8 Å². The zero-order valence-electron chi connectivity index (χ0n) is 12.7. The first-order valence-corrected chi connectivity index (χ1v) is 7.92. The molecule has 3 nitrogen and oxygen atoms in total. The van der Waals surface area contributed by atoms with Crippen molar-refractivity contribution >= 4 is 15.9 Å². The van der Waals surface area contributed by atoms with Crippen molar-refractivity contribution in [3.8, 4) is 5.75 Å². The Morgan fingerprint density at radius 2 is 2.10 bits per heavy atom. The van der Waals surface area contributed by atoms with Crippen LogP contribution in [-0.4, -0.2) is 18.6 Å². The van der Waals surface area contributed by atoms with Crippen LogP contribution in [0.25, 0.3) is 0 Å². The Labute approximate surface area is 134 Å². The fourth-order valence-electron chi connectivity index (χ4n) is 2.41. The SMILES string of the molecule is CCNC(Cc1cc(Br)ccc1OC)c1cccc(C)n1. The lowest BCUT2D eigenvalue weighted by Crippen LogP contribution is -2.24. The lowest BCUT2D eigenvalue weighted by atomic mass is 10.0. The van der Waals surface area contributed by atoms with Crippen LogP contribution >= 0.6 is 15.9 Å². The van der Waals surface area contributed by atoms with Crippen molar-refractivity contribution < 1.29 is 4.74 Å². The van der Waals surface area contributed by atoms with Crippen molar-refractivity contribution in [1.29, 1.82) is 0 Å². The van der Waals surface area contributed by atoms with Gasteiger partial charge in [-0.25, -0.2) is 0 Å². The average molecular weight is 349 g/mol. The quantitative estimate of drug-likeness (QED) is 0.854. The normalized spacial score (nSPS) is 12.2. The van der Waals surface area contributed by atoms with E-state index in [1.54, 1.807) is 7.11 Å². The third-order valence-electron chi connectivity index (χ3n) is 3.38. The molecule has 0 bridgehead atoms. The summed E-state index contributed by atoms with van der Waals surface area (Å²) in [6, 6.07) is 12.4. The molecule has 0 saturated carbocycles. The van der Waals surface area contributed by atoms with Crippen LogP contribution in [0, 0.1) is 6.92 Å². The molecule has 2 aromatic rings. The van der Waals surface area contributed by atoms with Gasteiger partial charge in [0.1, 0.15) is 5.75 Å². The fraction of sp³-hybridized carbons (Fsp3) is 0.353. The van der Waals surface area contributed by atoms with E-state index in [0.29, 0.717) is 0 Å². The maximum Gasteiger partial charge on any atom is 0.122 e. The predicted molar refractivity (Wildman–Crippen MR) is 89.8 cm³/mol. The maximum atomic E-state index is 5.47. The minimum absolute atomic E-state index is 0.179. The van der Waals surface area contributed by atoms with Gasteiger partial charge in [-0.3, -0.25) is 4.98 Å². The van der Waals surface area contributed by atoms with Gasteiger partial charge in [0, 0.05) is 10.2 Å². The molecule has 1 atom stereocenters. The number of hydrogen-bond acceptors (Lipinski definition) is 3. The van der Waals surface area contributed by atoms with E-state index in [1.807, 2.05) is 25.1 Å². The molecular weight excluding hydrogens is 328 g/mol. The number of nitrogens with one attached hydrogen (secondary N) is 1. The molecule has 0 saturated heterocycles. The highest BCUT2D eigenvalue weighted by Crippen LogP contribution is 2.27. The third-order valence-corrected chi connectivity index (χ3v) is 3.88. The van der Waals surface area contributed by atoms with Crippen molar-refractivity contribution in [1.82, 2.24) is 10.3 Å². The number of halogens is 1. The van der Waals surface area contributed by atoms with E-state index in [9.17, 15) is 0 Å². The minimum atomic E-state index is 0.179. The van der Waals surface area contributed by atoms with Crippen molar-refractivity contribution in [2.24, 2.45) is 0 Å². The lowest BCUT2D eigenvalue weighted by Gasteiger charge is -2.19. The van der Waals surface area contributed by atoms with E-state index in [2.05, 4.69) is 51.4 Å². The number of rotatable bonds is 6. The summed E-state index contributed by atoms with van der Waals surface area (Å²) in [5.74, 6) is 0.911. The second kappa shape index (κ2) is 7.57. The highest BCUT2D eigenvalue weighted by Gasteiger charge is 2.15. The van der Waals surface area contributed by atoms with Gasteiger partial charge in [-0.15, -0.1) is 0 Å². The van der Waals surface area contributed by atoms with Gasteiger partial charge in [0.15, 0.2) is 0 Å². The molecule has 4 heteroatoms. The van der Waals surface area contributed by atoms with Gasteiger partial charge in [-0.1, -0.05) is 28.9 Å². The van der Waals surface area contributed by atoms with Crippen LogP contribution in [0.4, 0.5) is 0 Å². The van der Waals surface area contributed by atoms with Crippen LogP contribution in [0.1, 0.15) is 29.9 Å². The highest BCUT2D eigenvalue weighted by molar-refractivity contribution is 9.10. The van der Waals surface area contributed by atoms with Crippen molar-refractivity contribution in [2.75, 3.05) is 13.7 Å². The molecule has 1 heterocycles. The van der Waals surface area contributed by atoms with Crippen LogP contribution < -0.4 is 10.1 Å². The molecule has 0 radical (unpaired) electrons. The van der Waals surface area contributed by atoms with Gasteiger partial charge in [0.2, 0.25) is 0 Å². The summed E-state index contributed by atoms with van der Waals surface area (Å²) in [6.45, 7) is 5.03. The Kier molecular flexibility index (Phi) is 5.76. The highest BCUT2D eigenvalue weighted by atomic mass is 79.9. The first kappa shape index (κ1) is 16.0. The summed E-state index contributed by atoms with van der Waals surface area (Å²) in [7, 11) is 1.71. The van der Waals surface area contributed by atoms with Crippen LogP contribution in [0.3, 0.4) is 0 Å². The zero-order chi connectivity index (χ0) is 15.2. The average Bonchev–Trinajstić information content (AvgIpc) is 2.47. The number of aryl methyl sites for hydroxylation is 1. The molecule has 0 fully saturated rings. The summed E-state index contributed by atoms with van der Waals surface area (Å²) in [4.78, 5) is 4.65. The van der Waals surface area contributed by atoms with E-state index in [4.69, 9.17) is 4.74 Å². The fourth-order valence-corrected chi connectivity index (χ4v) is 2.82. The molecule has 0 aliphatic carbocycles. The van der Waals surface area contributed by atoms with E-state index in [1.165, 1.54) is 5.56 Å². The van der Waals surface area contributed by atoms with Crippen LogP contribution in [0.2, 0.25) is 0 Å². The number of hydrogen-bond donors (Lipinski definition) is 1.